The third-order valence-corrected chi connectivity index (χ3v) is 2.79. The second-order valence-electron chi connectivity index (χ2n) is 4.74. The fraction of sp³-hybridized carbons (Fsp3) is 0.333. The van der Waals surface area contributed by atoms with Crippen LogP contribution in [0.2, 0.25) is 0 Å². The van der Waals surface area contributed by atoms with Crippen LogP contribution in [0.25, 0.3) is 0 Å². The van der Waals surface area contributed by atoms with Crippen LogP contribution in [0, 0.1) is 6.92 Å². The van der Waals surface area contributed by atoms with Crippen LogP contribution >= 0.6 is 0 Å². The first-order valence-corrected chi connectivity index (χ1v) is 6.97. The van der Waals surface area contributed by atoms with Gasteiger partial charge in [0.2, 0.25) is 0 Å². The Hall–Kier alpha value is -2.35. The quantitative estimate of drug-likeness (QED) is 0.408. The summed E-state index contributed by atoms with van der Waals surface area (Å²) in [6.45, 7) is 2.41. The van der Waals surface area contributed by atoms with Crippen molar-refractivity contribution in [2.24, 2.45) is 21.5 Å². The molecule has 5 N–H and O–H groups in total. The molecular weight excluding hydrogens is 307 g/mol. The molecule has 23 heavy (non-hydrogen) atoms. The summed E-state index contributed by atoms with van der Waals surface area (Å²) in [5.74, 6) is -0.599. The summed E-state index contributed by atoms with van der Waals surface area (Å²) in [6.07, 6.45) is -2.37. The van der Waals surface area contributed by atoms with Crippen molar-refractivity contribution < 1.29 is 13.2 Å². The summed E-state index contributed by atoms with van der Waals surface area (Å²) < 4.78 is 38.8. The number of rotatable bonds is 7. The van der Waals surface area contributed by atoms with Gasteiger partial charge in [-0.1, -0.05) is 17.7 Å². The van der Waals surface area contributed by atoms with E-state index in [0.29, 0.717) is 24.9 Å². The molecular formula is C15H20F3N5. The van der Waals surface area contributed by atoms with E-state index in [-0.39, 0.29) is 6.54 Å². The Bertz CT molecular complexity index is 574. The molecule has 0 fully saturated rings. The van der Waals surface area contributed by atoms with Crippen molar-refractivity contribution in [1.29, 1.82) is 0 Å². The van der Waals surface area contributed by atoms with Crippen molar-refractivity contribution in [3.63, 3.8) is 0 Å². The average molecular weight is 327 g/mol. The van der Waals surface area contributed by atoms with E-state index in [1.165, 1.54) is 0 Å². The second-order valence-corrected chi connectivity index (χ2v) is 4.74. The van der Waals surface area contributed by atoms with Gasteiger partial charge < -0.3 is 16.8 Å². The van der Waals surface area contributed by atoms with Crippen LogP contribution in [0.15, 0.2) is 46.0 Å². The molecule has 0 atom stereocenters. The van der Waals surface area contributed by atoms with E-state index >= 15 is 0 Å². The number of nitrogens with one attached hydrogen (secondary N) is 1. The van der Waals surface area contributed by atoms with E-state index in [2.05, 4.69) is 15.3 Å². The maximum atomic E-state index is 12.9. The number of aliphatic imine (C=N–C) groups is 2. The lowest BCUT2D eigenvalue weighted by Crippen LogP contribution is -2.27. The molecule has 0 aliphatic heterocycles. The van der Waals surface area contributed by atoms with E-state index in [4.69, 9.17) is 11.5 Å². The lowest BCUT2D eigenvalue weighted by atomic mass is 10.2. The van der Waals surface area contributed by atoms with Crippen LogP contribution in [-0.2, 0) is 0 Å². The van der Waals surface area contributed by atoms with Gasteiger partial charge in [0.25, 0.3) is 0 Å². The van der Waals surface area contributed by atoms with Crippen LogP contribution in [0.1, 0.15) is 12.0 Å². The summed E-state index contributed by atoms with van der Waals surface area (Å²) in [5, 5.41) is 2.77. The minimum Gasteiger partial charge on any atom is -0.383 e. The minimum absolute atomic E-state index is 0.140. The van der Waals surface area contributed by atoms with Gasteiger partial charge in [0.15, 0.2) is 0 Å². The number of halogens is 3. The van der Waals surface area contributed by atoms with Crippen LogP contribution in [-0.4, -0.2) is 31.4 Å². The summed E-state index contributed by atoms with van der Waals surface area (Å²) in [7, 11) is 0. The molecule has 0 aliphatic rings. The van der Waals surface area contributed by atoms with Crippen LogP contribution in [0.5, 0.6) is 0 Å². The topological polar surface area (TPSA) is 88.8 Å². The molecule has 1 rings (SSSR count). The first-order chi connectivity index (χ1) is 10.8. The summed E-state index contributed by atoms with van der Waals surface area (Å²) in [5.41, 5.74) is 11.3. The highest BCUT2D eigenvalue weighted by Gasteiger charge is 2.36. The monoisotopic (exact) mass is 327 g/mol. The zero-order chi connectivity index (χ0) is 17.3. The highest BCUT2D eigenvalue weighted by atomic mass is 19.4. The molecule has 0 radical (unpaired) electrons. The first-order valence-electron chi connectivity index (χ1n) is 6.97. The van der Waals surface area contributed by atoms with E-state index < -0.39 is 17.6 Å². The summed E-state index contributed by atoms with van der Waals surface area (Å²) in [6, 6.07) is 7.32. The molecule has 0 bridgehead atoms. The molecule has 0 unspecified atom stereocenters. The van der Waals surface area contributed by atoms with Gasteiger partial charge in [-0.15, -0.1) is 0 Å². The molecule has 0 amide bonds. The molecule has 8 heteroatoms. The molecule has 126 valence electrons. The highest BCUT2D eigenvalue weighted by Crippen LogP contribution is 2.25. The van der Waals surface area contributed by atoms with Crippen molar-refractivity contribution >= 4 is 17.9 Å². The van der Waals surface area contributed by atoms with Crippen molar-refractivity contribution in [1.82, 2.24) is 0 Å². The van der Waals surface area contributed by atoms with E-state index in [1.54, 1.807) is 12.1 Å². The summed E-state index contributed by atoms with van der Waals surface area (Å²) in [4.78, 5) is 7.26. The number of anilines is 1. The molecule has 5 nitrogen and oxygen atoms in total. The lowest BCUT2D eigenvalue weighted by Gasteiger charge is -2.10. The number of hydrogen-bond acceptors (Lipinski definition) is 3. The largest absolute Gasteiger partial charge is 0.421 e. The van der Waals surface area contributed by atoms with Gasteiger partial charge >= 0.3 is 6.18 Å². The number of nitrogens with two attached hydrogens (primary N) is 2. The Morgan fingerprint density at radius 1 is 1.26 bits per heavy atom. The Kier molecular flexibility index (Phi) is 7.27. The third kappa shape index (κ3) is 6.96. The second kappa shape index (κ2) is 8.94. The SMILES string of the molecule is Cc1ccc(NC=N/C=C(\C(N)=NCCCN)C(F)(F)F)cc1. The molecule has 0 saturated heterocycles. The van der Waals surface area contributed by atoms with E-state index in [0.717, 1.165) is 11.9 Å². The Morgan fingerprint density at radius 2 is 1.91 bits per heavy atom. The minimum atomic E-state index is -4.63. The number of aryl methyl sites for hydroxylation is 1. The lowest BCUT2D eigenvalue weighted by molar-refractivity contribution is -0.0863. The van der Waals surface area contributed by atoms with Crippen molar-refractivity contribution in [2.45, 2.75) is 19.5 Å². The predicted octanol–water partition coefficient (Wildman–Crippen LogP) is 2.59. The third-order valence-electron chi connectivity index (χ3n) is 2.79. The predicted molar refractivity (Wildman–Crippen MR) is 87.6 cm³/mol. The van der Waals surface area contributed by atoms with Gasteiger partial charge in [-0.25, -0.2) is 4.99 Å². The molecule has 1 aromatic rings. The van der Waals surface area contributed by atoms with Gasteiger partial charge in [-0.2, -0.15) is 13.2 Å². The van der Waals surface area contributed by atoms with Crippen LogP contribution in [0.4, 0.5) is 18.9 Å². The number of amidine groups is 1. The summed E-state index contributed by atoms with van der Waals surface area (Å²) >= 11 is 0. The number of nitrogens with zero attached hydrogens (tertiary/aromatic N) is 2. The molecule has 0 spiro atoms. The smallest absolute Gasteiger partial charge is 0.383 e. The zero-order valence-electron chi connectivity index (χ0n) is 12.8. The molecule has 0 aliphatic carbocycles. The Balaban J connectivity index is 2.78. The van der Waals surface area contributed by atoms with Gasteiger partial charge in [-0.3, -0.25) is 4.99 Å². The highest BCUT2D eigenvalue weighted by molar-refractivity contribution is 5.98. The normalized spacial score (nSPS) is 13.6. The Morgan fingerprint density at radius 3 is 2.48 bits per heavy atom. The van der Waals surface area contributed by atoms with E-state index in [1.807, 2.05) is 19.1 Å². The first kappa shape index (κ1) is 18.7. The fourth-order valence-electron chi connectivity index (χ4n) is 1.53. The van der Waals surface area contributed by atoms with E-state index in [9.17, 15) is 13.2 Å². The number of benzene rings is 1. The van der Waals surface area contributed by atoms with Crippen molar-refractivity contribution in [3.05, 3.63) is 41.6 Å². The van der Waals surface area contributed by atoms with Crippen molar-refractivity contribution in [2.75, 3.05) is 18.4 Å². The standard InChI is InChI=1S/C15H20F3N5/c1-11-3-5-12(6-4-11)23-10-21-9-13(15(16,17)18)14(20)22-8-2-7-19/h3-6,9-10H,2,7-8,19H2,1H3,(H2,20,22)(H,21,23)/b13-9+. The van der Waals surface area contributed by atoms with Crippen LogP contribution in [0.3, 0.4) is 0 Å². The number of hydrogen-bond donors (Lipinski definition) is 3. The molecule has 0 saturated carbocycles. The molecule has 0 aromatic heterocycles. The maximum absolute atomic E-state index is 12.9. The Labute approximate surface area is 133 Å². The van der Waals surface area contributed by atoms with Gasteiger partial charge in [0.05, 0.1) is 6.34 Å². The fourth-order valence-corrected chi connectivity index (χ4v) is 1.53. The molecule has 1 aromatic carbocycles. The van der Waals surface area contributed by atoms with Gasteiger partial charge in [-0.05, 0) is 32.0 Å². The maximum Gasteiger partial charge on any atom is 0.421 e. The molecule has 0 heterocycles. The van der Waals surface area contributed by atoms with Gasteiger partial charge in [0.1, 0.15) is 11.4 Å². The average Bonchev–Trinajstić information content (AvgIpc) is 2.47. The van der Waals surface area contributed by atoms with Crippen LogP contribution < -0.4 is 16.8 Å². The van der Waals surface area contributed by atoms with Gasteiger partial charge in [0, 0.05) is 18.4 Å². The number of alkyl halides is 3. The van der Waals surface area contributed by atoms with Crippen molar-refractivity contribution in [3.8, 4) is 0 Å². The zero-order valence-corrected chi connectivity index (χ0v) is 12.8.